The van der Waals surface area contributed by atoms with E-state index in [4.69, 9.17) is 10.5 Å². The van der Waals surface area contributed by atoms with E-state index in [1.54, 1.807) is 7.11 Å². The van der Waals surface area contributed by atoms with Crippen LogP contribution in [0.1, 0.15) is 17.2 Å². The molecule has 0 saturated carbocycles. The lowest BCUT2D eigenvalue weighted by atomic mass is 10.0. The first-order valence-corrected chi connectivity index (χ1v) is 6.79. The van der Waals surface area contributed by atoms with E-state index in [0.717, 1.165) is 11.4 Å². The highest BCUT2D eigenvalue weighted by Crippen LogP contribution is 2.27. The minimum absolute atomic E-state index is 0.155. The Hall–Kier alpha value is -2.00. The van der Waals surface area contributed by atoms with Crippen molar-refractivity contribution in [2.75, 3.05) is 25.6 Å². The molecule has 0 amide bonds. The maximum Gasteiger partial charge on any atom is 0.120 e. The Kier molecular flexibility index (Phi) is 4.64. The van der Waals surface area contributed by atoms with Gasteiger partial charge in [0.2, 0.25) is 0 Å². The molecule has 0 radical (unpaired) electrons. The lowest BCUT2D eigenvalue weighted by molar-refractivity contribution is 0.414. The second-order valence-electron chi connectivity index (χ2n) is 4.98. The number of hydrogen-bond donors (Lipinski definition) is 1. The number of ether oxygens (including phenoxy) is 1. The van der Waals surface area contributed by atoms with Crippen molar-refractivity contribution < 1.29 is 4.74 Å². The van der Waals surface area contributed by atoms with E-state index in [0.29, 0.717) is 6.54 Å². The predicted molar refractivity (Wildman–Crippen MR) is 84.4 cm³/mol. The number of nitrogens with two attached hydrogens (primary N) is 1. The Labute approximate surface area is 121 Å². The first-order chi connectivity index (χ1) is 9.65. The molecule has 0 aliphatic rings. The zero-order valence-corrected chi connectivity index (χ0v) is 12.3. The van der Waals surface area contributed by atoms with Crippen molar-refractivity contribution in [3.8, 4) is 5.75 Å². The molecule has 0 aliphatic heterocycles. The van der Waals surface area contributed by atoms with Gasteiger partial charge in [-0.2, -0.15) is 0 Å². The third-order valence-corrected chi connectivity index (χ3v) is 3.58. The molecule has 2 N–H and O–H groups in total. The SMILES string of the molecule is COc1cccc(N(C)C(CN)c2cccc(C)c2)c1. The van der Waals surface area contributed by atoms with Gasteiger partial charge in [0.1, 0.15) is 5.75 Å². The molecule has 1 unspecified atom stereocenters. The molecule has 3 nitrogen and oxygen atoms in total. The van der Waals surface area contributed by atoms with Gasteiger partial charge in [-0.05, 0) is 24.6 Å². The fourth-order valence-electron chi connectivity index (χ4n) is 2.41. The number of aryl methyl sites for hydroxylation is 1. The highest BCUT2D eigenvalue weighted by Gasteiger charge is 2.16. The summed E-state index contributed by atoms with van der Waals surface area (Å²) in [6.07, 6.45) is 0. The zero-order chi connectivity index (χ0) is 14.5. The Morgan fingerprint density at radius 3 is 2.55 bits per heavy atom. The van der Waals surface area contributed by atoms with E-state index in [9.17, 15) is 0 Å². The number of benzene rings is 2. The van der Waals surface area contributed by atoms with Crippen molar-refractivity contribution in [1.29, 1.82) is 0 Å². The fourth-order valence-corrected chi connectivity index (χ4v) is 2.41. The predicted octanol–water partition coefficient (Wildman–Crippen LogP) is 3.14. The number of nitrogens with zero attached hydrogens (tertiary/aromatic N) is 1. The van der Waals surface area contributed by atoms with E-state index < -0.39 is 0 Å². The summed E-state index contributed by atoms with van der Waals surface area (Å²) in [5.41, 5.74) is 9.57. The van der Waals surface area contributed by atoms with Crippen molar-refractivity contribution in [2.45, 2.75) is 13.0 Å². The minimum Gasteiger partial charge on any atom is -0.497 e. The van der Waals surface area contributed by atoms with Crippen LogP contribution in [0.3, 0.4) is 0 Å². The number of anilines is 1. The normalized spacial score (nSPS) is 12.0. The summed E-state index contributed by atoms with van der Waals surface area (Å²) >= 11 is 0. The average Bonchev–Trinajstić information content (AvgIpc) is 2.48. The van der Waals surface area contributed by atoms with Crippen molar-refractivity contribution in [3.63, 3.8) is 0 Å². The van der Waals surface area contributed by atoms with Crippen LogP contribution in [0.4, 0.5) is 5.69 Å². The van der Waals surface area contributed by atoms with Crippen LogP contribution in [-0.2, 0) is 0 Å². The molecule has 2 rings (SSSR count). The van der Waals surface area contributed by atoms with Crippen molar-refractivity contribution >= 4 is 5.69 Å². The molecular formula is C17H22N2O. The second-order valence-corrected chi connectivity index (χ2v) is 4.98. The molecule has 2 aromatic carbocycles. The molecule has 0 saturated heterocycles. The van der Waals surface area contributed by atoms with Gasteiger partial charge in [-0.25, -0.2) is 0 Å². The third-order valence-electron chi connectivity index (χ3n) is 3.58. The molecule has 1 atom stereocenters. The molecule has 3 heteroatoms. The van der Waals surface area contributed by atoms with Gasteiger partial charge in [0.05, 0.1) is 13.2 Å². The monoisotopic (exact) mass is 270 g/mol. The molecule has 0 aliphatic carbocycles. The molecule has 106 valence electrons. The fraction of sp³-hybridized carbons (Fsp3) is 0.294. The van der Waals surface area contributed by atoms with Gasteiger partial charge in [-0.15, -0.1) is 0 Å². The Morgan fingerprint density at radius 2 is 1.90 bits per heavy atom. The lowest BCUT2D eigenvalue weighted by Crippen LogP contribution is -2.30. The number of hydrogen-bond acceptors (Lipinski definition) is 3. The van der Waals surface area contributed by atoms with E-state index in [-0.39, 0.29) is 6.04 Å². The van der Waals surface area contributed by atoms with E-state index in [2.05, 4.69) is 49.2 Å². The van der Waals surface area contributed by atoms with Crippen LogP contribution < -0.4 is 15.4 Å². The summed E-state index contributed by atoms with van der Waals surface area (Å²) in [5.74, 6) is 0.856. The molecule has 0 heterocycles. The number of rotatable bonds is 5. The smallest absolute Gasteiger partial charge is 0.120 e. The first kappa shape index (κ1) is 14.4. The lowest BCUT2D eigenvalue weighted by Gasteiger charge is -2.30. The van der Waals surface area contributed by atoms with Crippen LogP contribution >= 0.6 is 0 Å². The molecule has 2 aromatic rings. The van der Waals surface area contributed by atoms with Crippen molar-refractivity contribution in [1.82, 2.24) is 0 Å². The van der Waals surface area contributed by atoms with Crippen LogP contribution in [0.2, 0.25) is 0 Å². The van der Waals surface area contributed by atoms with E-state index >= 15 is 0 Å². The quantitative estimate of drug-likeness (QED) is 0.907. The average molecular weight is 270 g/mol. The molecular weight excluding hydrogens is 248 g/mol. The van der Waals surface area contributed by atoms with Gasteiger partial charge >= 0.3 is 0 Å². The van der Waals surface area contributed by atoms with Crippen molar-refractivity contribution in [3.05, 3.63) is 59.7 Å². The van der Waals surface area contributed by atoms with Gasteiger partial charge in [0.25, 0.3) is 0 Å². The van der Waals surface area contributed by atoms with Gasteiger partial charge < -0.3 is 15.4 Å². The minimum atomic E-state index is 0.155. The summed E-state index contributed by atoms with van der Waals surface area (Å²) in [5, 5.41) is 0. The van der Waals surface area contributed by atoms with Gasteiger partial charge in [-0.1, -0.05) is 35.9 Å². The van der Waals surface area contributed by atoms with Crippen molar-refractivity contribution in [2.24, 2.45) is 5.73 Å². The molecule has 0 spiro atoms. The van der Waals surface area contributed by atoms with Gasteiger partial charge in [0, 0.05) is 25.3 Å². The van der Waals surface area contributed by atoms with Crippen LogP contribution in [0.25, 0.3) is 0 Å². The first-order valence-electron chi connectivity index (χ1n) is 6.79. The van der Waals surface area contributed by atoms with Gasteiger partial charge in [-0.3, -0.25) is 0 Å². The molecule has 0 fully saturated rings. The third kappa shape index (κ3) is 3.11. The number of likely N-dealkylation sites (N-methyl/N-ethyl adjacent to an activating group) is 1. The number of methoxy groups -OCH3 is 1. The zero-order valence-electron chi connectivity index (χ0n) is 12.3. The second kappa shape index (κ2) is 6.44. The summed E-state index contributed by atoms with van der Waals surface area (Å²) in [7, 11) is 3.74. The summed E-state index contributed by atoms with van der Waals surface area (Å²) in [4.78, 5) is 2.19. The van der Waals surface area contributed by atoms with Crippen LogP contribution in [-0.4, -0.2) is 20.7 Å². The molecule has 0 aromatic heterocycles. The molecule has 20 heavy (non-hydrogen) atoms. The topological polar surface area (TPSA) is 38.5 Å². The van der Waals surface area contributed by atoms with Crippen LogP contribution in [0.5, 0.6) is 5.75 Å². The van der Waals surface area contributed by atoms with Crippen LogP contribution in [0.15, 0.2) is 48.5 Å². The maximum absolute atomic E-state index is 5.99. The maximum atomic E-state index is 5.99. The van der Waals surface area contributed by atoms with E-state index in [1.807, 2.05) is 18.2 Å². The van der Waals surface area contributed by atoms with E-state index in [1.165, 1.54) is 11.1 Å². The highest BCUT2D eigenvalue weighted by molar-refractivity contribution is 5.52. The Bertz CT molecular complexity index is 568. The summed E-state index contributed by atoms with van der Waals surface area (Å²) < 4.78 is 5.29. The standard InChI is InChI=1S/C17H22N2O/c1-13-6-4-7-14(10-13)17(12-18)19(2)15-8-5-9-16(11-15)20-3/h4-11,17H,12,18H2,1-3H3. The Morgan fingerprint density at radius 1 is 1.15 bits per heavy atom. The van der Waals surface area contributed by atoms with Crippen LogP contribution in [0, 0.1) is 6.92 Å². The molecule has 0 bridgehead atoms. The largest absolute Gasteiger partial charge is 0.497 e. The van der Waals surface area contributed by atoms with Gasteiger partial charge in [0.15, 0.2) is 0 Å². The Balaban J connectivity index is 2.30. The highest BCUT2D eigenvalue weighted by atomic mass is 16.5. The summed E-state index contributed by atoms with van der Waals surface area (Å²) in [6.45, 7) is 2.67. The summed E-state index contributed by atoms with van der Waals surface area (Å²) in [6, 6.07) is 16.7.